The minimum absolute atomic E-state index is 0.105. The maximum Gasteiger partial charge on any atom is 0.350 e. The lowest BCUT2D eigenvalue weighted by molar-refractivity contribution is -0.154. The van der Waals surface area contributed by atoms with Crippen LogP contribution in [-0.2, 0) is 25.5 Å². The molecule has 3 atom stereocenters. The van der Waals surface area contributed by atoms with Gasteiger partial charge < -0.3 is 30.6 Å². The molecule has 1 fully saturated rings. The summed E-state index contributed by atoms with van der Waals surface area (Å²) < 4.78 is 55.4. The molecule has 2 aromatic rings. The standard InChI is InChI=1S/C14H16F3N3O2S.C12H14O4.C2H6/c15-9-6-11(17)10(16)4-7(9)3-8(18)5-12(21)20-1-2-23-14(20)13(19)22;1-3-14-12(13)11-7-15-10-6-8(2)4-5-9(10)16-11;1-2/h4,6,8,14H,1-3,5,18H2,(H2,19,22);4-6,11H,3,7H2,1-2H3;1-2H3. The molecule has 41 heavy (non-hydrogen) atoms. The lowest BCUT2D eigenvalue weighted by atomic mass is 10.0. The van der Waals surface area contributed by atoms with E-state index >= 15 is 0 Å². The third-order valence-corrected chi connectivity index (χ3v) is 6.99. The van der Waals surface area contributed by atoms with Gasteiger partial charge in [-0.25, -0.2) is 18.0 Å². The summed E-state index contributed by atoms with van der Waals surface area (Å²) >= 11 is 1.26. The number of esters is 1. The average molecular weight is 600 g/mol. The van der Waals surface area contributed by atoms with Gasteiger partial charge in [-0.05, 0) is 49.6 Å². The first-order valence-electron chi connectivity index (χ1n) is 13.2. The lowest BCUT2D eigenvalue weighted by Gasteiger charge is -2.25. The molecule has 0 radical (unpaired) electrons. The van der Waals surface area contributed by atoms with Gasteiger partial charge in [-0.3, -0.25) is 9.59 Å². The number of hydrogen-bond donors (Lipinski definition) is 2. The summed E-state index contributed by atoms with van der Waals surface area (Å²) in [4.78, 5) is 36.2. The van der Waals surface area contributed by atoms with Crippen LogP contribution in [0.5, 0.6) is 11.5 Å². The van der Waals surface area contributed by atoms with E-state index in [0.29, 0.717) is 36.5 Å². The molecule has 0 saturated carbocycles. The van der Waals surface area contributed by atoms with E-state index in [9.17, 15) is 27.6 Å². The monoisotopic (exact) mass is 599 g/mol. The SMILES string of the molecule is CC.CCOC(=O)C1COc2cc(C)ccc2O1.NC(=O)C1SCCN1C(=O)CC(N)Cc1cc(F)c(F)cc1F. The first kappa shape index (κ1) is 33.8. The topological polar surface area (TPSA) is 134 Å². The van der Waals surface area contributed by atoms with Gasteiger partial charge in [-0.2, -0.15) is 0 Å². The van der Waals surface area contributed by atoms with Gasteiger partial charge in [-0.1, -0.05) is 19.9 Å². The molecule has 2 aliphatic rings. The van der Waals surface area contributed by atoms with Crippen molar-refractivity contribution in [1.82, 2.24) is 4.90 Å². The predicted octanol–water partition coefficient (Wildman–Crippen LogP) is 3.47. The van der Waals surface area contributed by atoms with Crippen LogP contribution in [-0.4, -0.2) is 65.7 Å². The molecule has 0 bridgehead atoms. The second-order valence-electron chi connectivity index (χ2n) is 8.86. The molecule has 4 N–H and O–H groups in total. The van der Waals surface area contributed by atoms with Crippen LogP contribution in [0.4, 0.5) is 13.2 Å². The smallest absolute Gasteiger partial charge is 0.350 e. The molecule has 1 saturated heterocycles. The second kappa shape index (κ2) is 16.1. The highest BCUT2D eigenvalue weighted by molar-refractivity contribution is 8.00. The minimum atomic E-state index is -1.28. The molecule has 2 amide bonds. The molecule has 13 heteroatoms. The number of nitrogens with zero attached hydrogens (tertiary/aromatic N) is 1. The molecule has 0 spiro atoms. The van der Waals surface area contributed by atoms with Crippen LogP contribution in [0.3, 0.4) is 0 Å². The van der Waals surface area contributed by atoms with Crippen molar-refractivity contribution in [3.63, 3.8) is 0 Å². The van der Waals surface area contributed by atoms with Crippen LogP contribution < -0.4 is 20.9 Å². The van der Waals surface area contributed by atoms with Gasteiger partial charge >= 0.3 is 5.97 Å². The van der Waals surface area contributed by atoms with Crippen molar-refractivity contribution in [3.8, 4) is 11.5 Å². The largest absolute Gasteiger partial charge is 0.485 e. The average Bonchev–Trinajstić information content (AvgIpc) is 3.44. The van der Waals surface area contributed by atoms with Crippen LogP contribution in [0, 0.1) is 24.4 Å². The Kier molecular flexibility index (Phi) is 13.3. The number of benzene rings is 2. The highest BCUT2D eigenvalue weighted by Crippen LogP contribution is 2.32. The van der Waals surface area contributed by atoms with Crippen LogP contribution in [0.15, 0.2) is 30.3 Å². The predicted molar refractivity (Wildman–Crippen MR) is 149 cm³/mol. The van der Waals surface area contributed by atoms with Crippen LogP contribution in [0.2, 0.25) is 0 Å². The second-order valence-corrected chi connectivity index (χ2v) is 10.0. The van der Waals surface area contributed by atoms with Crippen molar-refractivity contribution >= 4 is 29.5 Å². The van der Waals surface area contributed by atoms with E-state index in [0.717, 1.165) is 11.6 Å². The van der Waals surface area contributed by atoms with Gasteiger partial charge in [0.1, 0.15) is 12.4 Å². The van der Waals surface area contributed by atoms with Crippen LogP contribution >= 0.6 is 11.8 Å². The quantitative estimate of drug-likeness (QED) is 0.365. The van der Waals surface area contributed by atoms with E-state index in [4.69, 9.17) is 25.7 Å². The van der Waals surface area contributed by atoms with Crippen molar-refractivity contribution in [2.24, 2.45) is 11.5 Å². The molecule has 226 valence electrons. The Bertz CT molecular complexity index is 1220. The minimum Gasteiger partial charge on any atom is -0.485 e. The fraction of sp³-hybridized carbons (Fsp3) is 0.464. The van der Waals surface area contributed by atoms with E-state index in [2.05, 4.69) is 0 Å². The fourth-order valence-electron chi connectivity index (χ4n) is 3.91. The number of carbonyl (C=O) groups excluding carboxylic acids is 3. The van der Waals surface area contributed by atoms with Crippen molar-refractivity contribution in [2.75, 3.05) is 25.5 Å². The Hall–Kier alpha value is -3.45. The molecule has 0 aliphatic carbocycles. The highest BCUT2D eigenvalue weighted by Gasteiger charge is 2.34. The zero-order valence-corrected chi connectivity index (χ0v) is 24.3. The van der Waals surface area contributed by atoms with Crippen LogP contribution in [0.1, 0.15) is 38.3 Å². The zero-order chi connectivity index (χ0) is 30.7. The molecule has 0 aromatic heterocycles. The molecule has 3 unspecified atom stereocenters. The number of fused-ring (bicyclic) bond motifs is 1. The van der Waals surface area contributed by atoms with Crippen LogP contribution in [0.25, 0.3) is 0 Å². The number of aryl methyl sites for hydroxylation is 1. The fourth-order valence-corrected chi connectivity index (χ4v) is 5.00. The Labute approximate surface area is 241 Å². The molecule has 2 heterocycles. The maximum atomic E-state index is 13.6. The number of primary amides is 1. The highest BCUT2D eigenvalue weighted by atomic mass is 32.2. The molecule has 2 aliphatic heterocycles. The zero-order valence-electron chi connectivity index (χ0n) is 23.5. The summed E-state index contributed by atoms with van der Waals surface area (Å²) in [6, 6.07) is 5.98. The molecular weight excluding hydrogens is 563 g/mol. The van der Waals surface area contributed by atoms with Crippen molar-refractivity contribution in [3.05, 3.63) is 58.9 Å². The van der Waals surface area contributed by atoms with E-state index in [1.807, 2.05) is 32.9 Å². The van der Waals surface area contributed by atoms with Crippen molar-refractivity contribution < 1.29 is 41.8 Å². The number of carbonyl (C=O) groups is 3. The Morgan fingerprint density at radius 1 is 1.10 bits per heavy atom. The van der Waals surface area contributed by atoms with E-state index in [1.165, 1.54) is 16.7 Å². The van der Waals surface area contributed by atoms with Gasteiger partial charge in [0, 0.05) is 30.8 Å². The first-order valence-corrected chi connectivity index (χ1v) is 14.2. The molecule has 4 rings (SSSR count). The Balaban J connectivity index is 0.000000285. The third-order valence-electron chi connectivity index (χ3n) is 5.77. The number of halogens is 3. The number of amides is 2. The number of hydrogen-bond acceptors (Lipinski definition) is 8. The van der Waals surface area contributed by atoms with Gasteiger partial charge in [0.15, 0.2) is 28.5 Å². The third kappa shape index (κ3) is 9.56. The summed E-state index contributed by atoms with van der Waals surface area (Å²) in [5.41, 5.74) is 12.0. The Morgan fingerprint density at radius 3 is 2.44 bits per heavy atom. The van der Waals surface area contributed by atoms with E-state index in [-0.39, 0.29) is 36.9 Å². The lowest BCUT2D eigenvalue weighted by Crippen LogP contribution is -2.44. The van der Waals surface area contributed by atoms with Gasteiger partial charge in [0.25, 0.3) is 5.91 Å². The molecule has 2 aromatic carbocycles. The summed E-state index contributed by atoms with van der Waals surface area (Å²) in [5, 5.41) is -0.727. The van der Waals surface area contributed by atoms with Gasteiger partial charge in [0.2, 0.25) is 12.0 Å². The Morgan fingerprint density at radius 2 is 1.78 bits per heavy atom. The normalized spacial score (nSPS) is 17.8. The summed E-state index contributed by atoms with van der Waals surface area (Å²) in [6.07, 6.45) is -0.935. The number of rotatable bonds is 7. The molecular formula is C28H36F3N3O6S. The number of thioether (sulfide) groups is 1. The summed E-state index contributed by atoms with van der Waals surface area (Å²) in [7, 11) is 0. The summed E-state index contributed by atoms with van der Waals surface area (Å²) in [5.74, 6) is -2.89. The maximum absolute atomic E-state index is 13.6. The van der Waals surface area contributed by atoms with Crippen molar-refractivity contribution in [2.45, 2.75) is 58.1 Å². The number of ether oxygens (including phenoxy) is 3. The van der Waals surface area contributed by atoms with E-state index < -0.39 is 40.9 Å². The van der Waals surface area contributed by atoms with Crippen molar-refractivity contribution in [1.29, 1.82) is 0 Å². The van der Waals surface area contributed by atoms with E-state index in [1.54, 1.807) is 13.0 Å². The van der Waals surface area contributed by atoms with Gasteiger partial charge in [0.05, 0.1) is 6.61 Å². The summed E-state index contributed by atoms with van der Waals surface area (Å²) in [6.45, 7) is 8.66. The first-order chi connectivity index (χ1) is 19.5. The van der Waals surface area contributed by atoms with Gasteiger partial charge in [-0.15, -0.1) is 11.8 Å². The molecule has 9 nitrogen and oxygen atoms in total. The number of nitrogens with two attached hydrogens (primary N) is 2.